The smallest absolute Gasteiger partial charge is 0.255 e. The number of benzene rings is 1. The van der Waals surface area contributed by atoms with Crippen molar-refractivity contribution >= 4 is 5.91 Å². The van der Waals surface area contributed by atoms with Gasteiger partial charge < -0.3 is 28.2 Å². The predicted octanol–water partition coefficient (Wildman–Crippen LogP) is 0.249. The second kappa shape index (κ2) is 7.77. The molecule has 0 aromatic heterocycles. The molecule has 4 nitrogen and oxygen atoms in total. The highest BCUT2D eigenvalue weighted by molar-refractivity contribution is 5.75. The monoisotopic (exact) mass is 377 g/mol. The molecule has 5 rings (SSSR count). The lowest BCUT2D eigenvalue weighted by Crippen LogP contribution is -3.00. The highest BCUT2D eigenvalue weighted by atomic mass is 35.5. The third-order valence-corrected chi connectivity index (χ3v) is 6.92. The average molecular weight is 378 g/mol. The van der Waals surface area contributed by atoms with Crippen LogP contribution in [0.25, 0.3) is 0 Å². The Labute approximate surface area is 162 Å². The van der Waals surface area contributed by atoms with E-state index >= 15 is 0 Å². The molecule has 0 spiro atoms. The maximum Gasteiger partial charge on any atom is 0.255 e. The number of carbonyl (C=O) groups excluding carboxylic acids is 1. The molecule has 26 heavy (non-hydrogen) atoms. The minimum Gasteiger partial charge on any atom is -1.00 e. The van der Waals surface area contributed by atoms with Crippen molar-refractivity contribution in [2.45, 2.75) is 58.0 Å². The zero-order valence-corrected chi connectivity index (χ0v) is 16.3. The third-order valence-electron chi connectivity index (χ3n) is 6.92. The van der Waals surface area contributed by atoms with Crippen LogP contribution in [-0.2, 0) is 11.3 Å². The molecule has 1 atom stereocenters. The number of hydrogen-bond donors (Lipinski definition) is 2. The van der Waals surface area contributed by atoms with Gasteiger partial charge in [0.15, 0.2) is 6.61 Å². The van der Waals surface area contributed by atoms with Gasteiger partial charge in [-0.2, -0.15) is 0 Å². The van der Waals surface area contributed by atoms with Crippen LogP contribution in [0.5, 0.6) is 5.75 Å². The molecule has 144 valence electrons. The molecule has 4 aliphatic rings. The number of carbonyl (C=O) groups is 1. The maximum absolute atomic E-state index is 10.8. The van der Waals surface area contributed by atoms with Gasteiger partial charge in [0.05, 0.1) is 0 Å². The molecule has 1 aromatic rings. The minimum atomic E-state index is -0.449. The largest absolute Gasteiger partial charge is 1.00 e. The van der Waals surface area contributed by atoms with E-state index in [-0.39, 0.29) is 19.0 Å². The van der Waals surface area contributed by atoms with Gasteiger partial charge in [0.1, 0.15) is 5.75 Å². The summed E-state index contributed by atoms with van der Waals surface area (Å²) in [6.45, 7) is 3.22. The third kappa shape index (κ3) is 4.01. The Balaban J connectivity index is 0.00000196. The number of hydrogen-bond acceptors (Lipinski definition) is 3. The zero-order valence-electron chi connectivity index (χ0n) is 15.5. The van der Waals surface area contributed by atoms with Crippen LogP contribution in [-0.4, -0.2) is 18.6 Å². The fraction of sp³-hybridized carbons (Fsp3) is 0.667. The first kappa shape index (κ1) is 19.5. The molecule has 5 heteroatoms. The summed E-state index contributed by atoms with van der Waals surface area (Å²) in [5, 5.41) is 3.81. The molecule has 4 fully saturated rings. The van der Waals surface area contributed by atoms with Gasteiger partial charge in [-0.15, -0.1) is 0 Å². The van der Waals surface area contributed by atoms with E-state index in [2.05, 4.69) is 24.4 Å². The first-order valence-electron chi connectivity index (χ1n) is 9.76. The second-order valence-corrected chi connectivity index (χ2v) is 8.78. The quantitative estimate of drug-likeness (QED) is 0.716. The number of primary amides is 1. The van der Waals surface area contributed by atoms with E-state index in [0.29, 0.717) is 17.2 Å². The lowest BCUT2D eigenvalue weighted by Gasteiger charge is -2.59. The summed E-state index contributed by atoms with van der Waals surface area (Å²) in [5.74, 6) is 3.23. The van der Waals surface area contributed by atoms with E-state index < -0.39 is 5.91 Å². The van der Waals surface area contributed by atoms with Crippen LogP contribution in [0.15, 0.2) is 24.3 Å². The van der Waals surface area contributed by atoms with Crippen molar-refractivity contribution in [3.8, 4) is 5.75 Å². The number of ether oxygens (including phenoxy) is 1. The normalized spacial score (nSPS) is 32.7. The van der Waals surface area contributed by atoms with Crippen molar-refractivity contribution in [1.82, 2.24) is 5.32 Å². The topological polar surface area (TPSA) is 64.3 Å². The molecule has 1 aromatic carbocycles. The van der Waals surface area contributed by atoms with Gasteiger partial charge in [-0.25, -0.2) is 0 Å². The molecular formula is C21H30ClN2O2-. The molecule has 0 radical (unpaired) electrons. The Kier molecular flexibility index (Phi) is 5.83. The van der Waals surface area contributed by atoms with Gasteiger partial charge in [0.25, 0.3) is 5.91 Å². The van der Waals surface area contributed by atoms with Crippen LogP contribution in [0.1, 0.15) is 51.0 Å². The second-order valence-electron chi connectivity index (χ2n) is 8.78. The maximum atomic E-state index is 10.8. The van der Waals surface area contributed by atoms with E-state index in [0.717, 1.165) is 24.3 Å². The summed E-state index contributed by atoms with van der Waals surface area (Å²) in [6, 6.07) is 8.53. The Hall–Kier alpha value is -1.26. The number of nitrogens with two attached hydrogens (primary N) is 1. The zero-order chi connectivity index (χ0) is 17.4. The Morgan fingerprint density at radius 3 is 2.19 bits per heavy atom. The predicted molar refractivity (Wildman–Crippen MR) is 98.0 cm³/mol. The standard InChI is InChI=1S/C21H30N2O2.ClH/c1-14(21-9-16-6-17(10-21)8-18(7-16)11-21)23-12-15-2-4-19(5-3-15)25-13-20(22)24;/h2-5,14,16-18,23H,6-13H2,1H3,(H2,22,24);1H/p-1. The summed E-state index contributed by atoms with van der Waals surface area (Å²) in [5.41, 5.74) is 6.89. The Bertz CT molecular complexity index is 596. The summed E-state index contributed by atoms with van der Waals surface area (Å²) in [7, 11) is 0. The van der Waals surface area contributed by atoms with E-state index in [1.165, 1.54) is 44.1 Å². The molecule has 3 N–H and O–H groups in total. The van der Waals surface area contributed by atoms with Gasteiger partial charge in [-0.3, -0.25) is 4.79 Å². The summed E-state index contributed by atoms with van der Waals surface area (Å²) in [6.07, 6.45) is 8.81. The van der Waals surface area contributed by atoms with Crippen molar-refractivity contribution in [3.63, 3.8) is 0 Å². The number of nitrogens with one attached hydrogen (secondary N) is 1. The van der Waals surface area contributed by atoms with E-state index in [9.17, 15) is 4.79 Å². The highest BCUT2D eigenvalue weighted by Crippen LogP contribution is 2.61. The number of rotatable bonds is 7. The van der Waals surface area contributed by atoms with Crippen molar-refractivity contribution in [2.75, 3.05) is 6.61 Å². The van der Waals surface area contributed by atoms with Gasteiger partial charge in [0, 0.05) is 12.6 Å². The molecule has 0 aliphatic heterocycles. The molecule has 1 amide bonds. The minimum absolute atomic E-state index is 0. The fourth-order valence-electron chi connectivity index (χ4n) is 6.05. The Morgan fingerprint density at radius 2 is 1.69 bits per heavy atom. The number of halogens is 1. The molecule has 0 saturated heterocycles. The van der Waals surface area contributed by atoms with Crippen LogP contribution in [0.3, 0.4) is 0 Å². The van der Waals surface area contributed by atoms with Crippen LogP contribution in [0.2, 0.25) is 0 Å². The van der Waals surface area contributed by atoms with Gasteiger partial charge >= 0.3 is 0 Å². The van der Waals surface area contributed by atoms with E-state index in [4.69, 9.17) is 10.5 Å². The lowest BCUT2D eigenvalue weighted by atomic mass is 9.48. The highest BCUT2D eigenvalue weighted by Gasteiger charge is 2.52. The molecule has 0 heterocycles. The van der Waals surface area contributed by atoms with Gasteiger partial charge in [-0.1, -0.05) is 12.1 Å². The molecule has 4 saturated carbocycles. The first-order chi connectivity index (χ1) is 12.0. The summed E-state index contributed by atoms with van der Waals surface area (Å²) < 4.78 is 5.32. The van der Waals surface area contributed by atoms with Crippen LogP contribution in [0, 0.1) is 23.2 Å². The van der Waals surface area contributed by atoms with Crippen molar-refractivity contribution < 1.29 is 21.9 Å². The molecule has 1 unspecified atom stereocenters. The summed E-state index contributed by atoms with van der Waals surface area (Å²) >= 11 is 0. The van der Waals surface area contributed by atoms with E-state index in [1.807, 2.05) is 12.1 Å². The SMILES string of the molecule is CC(NCc1ccc(OCC(N)=O)cc1)C12CC3CC(CC(C3)C1)C2.[Cl-]. The van der Waals surface area contributed by atoms with Gasteiger partial charge in [0.2, 0.25) is 0 Å². The number of amides is 1. The molecular weight excluding hydrogens is 348 g/mol. The van der Waals surface area contributed by atoms with Gasteiger partial charge in [-0.05, 0) is 86.3 Å². The van der Waals surface area contributed by atoms with Crippen LogP contribution >= 0.6 is 0 Å². The average Bonchev–Trinajstić information content (AvgIpc) is 2.57. The summed E-state index contributed by atoms with van der Waals surface area (Å²) in [4.78, 5) is 10.8. The van der Waals surface area contributed by atoms with E-state index in [1.54, 1.807) is 0 Å². The Morgan fingerprint density at radius 1 is 1.15 bits per heavy atom. The van der Waals surface area contributed by atoms with Crippen LogP contribution in [0.4, 0.5) is 0 Å². The first-order valence-corrected chi connectivity index (χ1v) is 9.76. The molecule has 4 aliphatic carbocycles. The molecule has 4 bridgehead atoms. The van der Waals surface area contributed by atoms with Crippen molar-refractivity contribution in [1.29, 1.82) is 0 Å². The van der Waals surface area contributed by atoms with Crippen molar-refractivity contribution in [2.24, 2.45) is 28.9 Å². The van der Waals surface area contributed by atoms with Crippen LogP contribution < -0.4 is 28.2 Å². The van der Waals surface area contributed by atoms with Crippen molar-refractivity contribution in [3.05, 3.63) is 29.8 Å². The fourth-order valence-corrected chi connectivity index (χ4v) is 6.05. The lowest BCUT2D eigenvalue weighted by molar-refractivity contribution is -0.119.